The molecule has 0 aliphatic carbocycles. The van der Waals surface area contributed by atoms with E-state index in [1.807, 2.05) is 0 Å². The molecule has 1 unspecified atom stereocenters. The zero-order chi connectivity index (χ0) is 10.9. The predicted octanol–water partition coefficient (Wildman–Crippen LogP) is -0.550. The molecule has 1 aliphatic heterocycles. The van der Waals surface area contributed by atoms with E-state index >= 15 is 0 Å². The number of hydrogen-bond acceptors (Lipinski definition) is 6. The van der Waals surface area contributed by atoms with Gasteiger partial charge in [-0.15, -0.1) is 0 Å². The molecule has 76 valence electrons. The Labute approximate surface area is 79.4 Å². The van der Waals surface area contributed by atoms with E-state index < -0.39 is 22.3 Å². The summed E-state index contributed by atoms with van der Waals surface area (Å²) < 4.78 is 4.34. The monoisotopic (exact) mass is 199 g/mol. The number of hydrogen-bond donors (Lipinski definition) is 1. The second-order valence-corrected chi connectivity index (χ2v) is 2.96. The normalized spacial score (nSPS) is 25.4. The Morgan fingerprint density at radius 3 is 2.79 bits per heavy atom. The van der Waals surface area contributed by atoms with Crippen molar-refractivity contribution in [3.63, 3.8) is 0 Å². The number of ether oxygens (including phenoxy) is 1. The molecule has 0 aromatic carbocycles. The molecule has 14 heavy (non-hydrogen) atoms. The minimum atomic E-state index is -1.22. The highest BCUT2D eigenvalue weighted by Crippen LogP contribution is 2.19. The average Bonchev–Trinajstić information content (AvgIpc) is 2.40. The van der Waals surface area contributed by atoms with E-state index in [9.17, 15) is 14.9 Å². The largest absolute Gasteiger partial charge is 0.464 e. The summed E-state index contributed by atoms with van der Waals surface area (Å²) in [6.07, 6.45) is 1.11. The lowest BCUT2D eigenvalue weighted by Gasteiger charge is -2.07. The molecule has 1 rings (SSSR count). The van der Waals surface area contributed by atoms with Gasteiger partial charge in [0.15, 0.2) is 0 Å². The molecule has 7 heteroatoms. The molecule has 0 bridgehead atoms. The SMILES string of the molecule is COC(=O)C1=NC(C)(N)C=C1[N+](=O)[O-]. The Kier molecular flexibility index (Phi) is 2.35. The van der Waals surface area contributed by atoms with Gasteiger partial charge in [0.05, 0.1) is 12.0 Å². The van der Waals surface area contributed by atoms with E-state index in [1.54, 1.807) is 0 Å². The zero-order valence-corrected chi connectivity index (χ0v) is 7.68. The molecule has 0 aromatic rings. The molecule has 0 saturated carbocycles. The summed E-state index contributed by atoms with van der Waals surface area (Å²) in [6, 6.07) is 0. The second kappa shape index (κ2) is 3.18. The Balaban J connectivity index is 3.12. The Morgan fingerprint density at radius 2 is 2.36 bits per heavy atom. The summed E-state index contributed by atoms with van der Waals surface area (Å²) in [5.41, 5.74) is 3.54. The third kappa shape index (κ3) is 1.77. The molecule has 0 spiro atoms. The number of nitrogens with zero attached hydrogens (tertiary/aromatic N) is 2. The van der Waals surface area contributed by atoms with Gasteiger partial charge in [0, 0.05) is 6.08 Å². The average molecular weight is 199 g/mol. The van der Waals surface area contributed by atoms with Crippen LogP contribution in [0.15, 0.2) is 16.8 Å². The maximum Gasteiger partial charge on any atom is 0.363 e. The molecular formula is C7H9N3O4. The van der Waals surface area contributed by atoms with Gasteiger partial charge in [-0.25, -0.2) is 9.79 Å². The fourth-order valence-corrected chi connectivity index (χ4v) is 1.06. The number of aliphatic imine (C=N–C) groups is 1. The number of methoxy groups -OCH3 is 1. The molecule has 0 amide bonds. The summed E-state index contributed by atoms with van der Waals surface area (Å²) in [7, 11) is 1.12. The molecule has 1 atom stereocenters. The van der Waals surface area contributed by atoms with Crippen molar-refractivity contribution in [1.82, 2.24) is 0 Å². The molecular weight excluding hydrogens is 190 g/mol. The lowest BCUT2D eigenvalue weighted by Crippen LogP contribution is -2.29. The van der Waals surface area contributed by atoms with Crippen LogP contribution in [0.25, 0.3) is 0 Å². The fraction of sp³-hybridized carbons (Fsp3) is 0.429. The van der Waals surface area contributed by atoms with Gasteiger partial charge in [0.1, 0.15) is 5.66 Å². The van der Waals surface area contributed by atoms with Crippen LogP contribution in [0.4, 0.5) is 0 Å². The van der Waals surface area contributed by atoms with Crippen LogP contribution in [0.5, 0.6) is 0 Å². The van der Waals surface area contributed by atoms with Crippen LogP contribution in [-0.4, -0.2) is 29.4 Å². The number of carbonyl (C=O) groups excluding carboxylic acids is 1. The van der Waals surface area contributed by atoms with Crippen LogP contribution >= 0.6 is 0 Å². The zero-order valence-electron chi connectivity index (χ0n) is 7.68. The molecule has 2 N–H and O–H groups in total. The smallest absolute Gasteiger partial charge is 0.363 e. The maximum absolute atomic E-state index is 11.1. The molecule has 0 fully saturated rings. The van der Waals surface area contributed by atoms with E-state index in [-0.39, 0.29) is 5.71 Å². The van der Waals surface area contributed by atoms with E-state index in [2.05, 4.69) is 9.73 Å². The van der Waals surface area contributed by atoms with Crippen molar-refractivity contribution in [1.29, 1.82) is 0 Å². The molecule has 0 aromatic heterocycles. The Morgan fingerprint density at radius 1 is 1.79 bits per heavy atom. The van der Waals surface area contributed by atoms with Crippen LogP contribution in [-0.2, 0) is 9.53 Å². The molecule has 0 radical (unpaired) electrons. The maximum atomic E-state index is 11.1. The van der Waals surface area contributed by atoms with Crippen molar-refractivity contribution in [2.45, 2.75) is 12.6 Å². The third-order valence-electron chi connectivity index (χ3n) is 1.60. The van der Waals surface area contributed by atoms with Gasteiger partial charge in [-0.3, -0.25) is 10.1 Å². The number of esters is 1. The first-order valence-electron chi connectivity index (χ1n) is 3.72. The Bertz CT molecular complexity index is 356. The lowest BCUT2D eigenvalue weighted by molar-refractivity contribution is -0.414. The van der Waals surface area contributed by atoms with E-state index in [1.165, 1.54) is 6.92 Å². The number of carbonyl (C=O) groups is 1. The van der Waals surface area contributed by atoms with Crippen molar-refractivity contribution in [2.24, 2.45) is 10.7 Å². The first-order chi connectivity index (χ1) is 6.37. The van der Waals surface area contributed by atoms with Crippen LogP contribution in [0, 0.1) is 10.1 Å². The van der Waals surface area contributed by atoms with E-state index in [0.29, 0.717) is 0 Å². The first-order valence-corrected chi connectivity index (χ1v) is 3.72. The van der Waals surface area contributed by atoms with Crippen LogP contribution in [0.2, 0.25) is 0 Å². The van der Waals surface area contributed by atoms with Gasteiger partial charge in [0.2, 0.25) is 5.71 Å². The summed E-state index contributed by atoms with van der Waals surface area (Å²) in [5, 5.41) is 10.5. The summed E-state index contributed by atoms with van der Waals surface area (Å²) in [4.78, 5) is 24.5. The van der Waals surface area contributed by atoms with E-state index in [4.69, 9.17) is 5.73 Å². The molecule has 7 nitrogen and oxygen atoms in total. The second-order valence-electron chi connectivity index (χ2n) is 2.96. The standard InChI is InChI=1S/C7H9N3O4/c1-7(8)3-4(10(12)13)5(9-7)6(11)14-2/h3H,8H2,1-2H3. The minimum Gasteiger partial charge on any atom is -0.464 e. The quantitative estimate of drug-likeness (QED) is 0.364. The molecule has 1 heterocycles. The van der Waals surface area contributed by atoms with Gasteiger partial charge in [-0.05, 0) is 6.92 Å². The summed E-state index contributed by atoms with van der Waals surface area (Å²) >= 11 is 0. The van der Waals surface area contributed by atoms with Crippen molar-refractivity contribution >= 4 is 11.7 Å². The minimum absolute atomic E-state index is 0.345. The van der Waals surface area contributed by atoms with Crippen LogP contribution in [0.3, 0.4) is 0 Å². The highest BCUT2D eigenvalue weighted by atomic mass is 16.6. The van der Waals surface area contributed by atoms with Gasteiger partial charge in [-0.1, -0.05) is 0 Å². The Hall–Kier alpha value is -1.76. The summed E-state index contributed by atoms with van der Waals surface area (Å²) in [5.74, 6) is -0.859. The van der Waals surface area contributed by atoms with Gasteiger partial charge >= 0.3 is 11.7 Å². The van der Waals surface area contributed by atoms with Gasteiger partial charge in [-0.2, -0.15) is 0 Å². The number of nitrogens with two attached hydrogens (primary N) is 1. The van der Waals surface area contributed by atoms with Crippen LogP contribution in [0.1, 0.15) is 6.92 Å². The van der Waals surface area contributed by atoms with Crippen LogP contribution < -0.4 is 5.73 Å². The molecule has 0 saturated heterocycles. The van der Waals surface area contributed by atoms with Crippen molar-refractivity contribution in [3.05, 3.63) is 21.9 Å². The highest BCUT2D eigenvalue weighted by molar-refractivity contribution is 6.43. The van der Waals surface area contributed by atoms with Crippen molar-refractivity contribution < 1.29 is 14.5 Å². The fourth-order valence-electron chi connectivity index (χ4n) is 1.06. The molecule has 1 aliphatic rings. The topological polar surface area (TPSA) is 108 Å². The summed E-state index contributed by atoms with van der Waals surface area (Å²) in [6.45, 7) is 1.45. The third-order valence-corrected chi connectivity index (χ3v) is 1.60. The predicted molar refractivity (Wildman–Crippen MR) is 47.1 cm³/mol. The highest BCUT2D eigenvalue weighted by Gasteiger charge is 2.38. The van der Waals surface area contributed by atoms with Crippen molar-refractivity contribution in [2.75, 3.05) is 7.11 Å². The van der Waals surface area contributed by atoms with Gasteiger partial charge in [0.25, 0.3) is 0 Å². The lowest BCUT2D eigenvalue weighted by atomic mass is 10.2. The number of rotatable bonds is 2. The van der Waals surface area contributed by atoms with Gasteiger partial charge < -0.3 is 10.5 Å². The first kappa shape index (κ1) is 10.3. The van der Waals surface area contributed by atoms with E-state index in [0.717, 1.165) is 13.2 Å². The van der Waals surface area contributed by atoms with Crippen molar-refractivity contribution in [3.8, 4) is 0 Å². The number of nitro groups is 1.